The number of rotatable bonds is 5. The Balaban J connectivity index is 1.82. The predicted octanol–water partition coefficient (Wildman–Crippen LogP) is 4.45. The minimum Gasteiger partial charge on any atom is -0.443 e. The van der Waals surface area contributed by atoms with Crippen molar-refractivity contribution in [2.24, 2.45) is 0 Å². The second-order valence-corrected chi connectivity index (χ2v) is 7.27. The molecular weight excluding hydrogens is 384 g/mol. The van der Waals surface area contributed by atoms with Crippen LogP contribution in [-0.4, -0.2) is 35.9 Å². The molecular formula is C20H17ClN2O3S. The Bertz CT molecular complexity index is 939. The van der Waals surface area contributed by atoms with Gasteiger partial charge in [0.2, 0.25) is 6.10 Å². The van der Waals surface area contributed by atoms with Crippen molar-refractivity contribution in [3.8, 4) is 10.6 Å². The number of hydrogen-bond acceptors (Lipinski definition) is 5. The van der Waals surface area contributed by atoms with Gasteiger partial charge in [-0.05, 0) is 12.1 Å². The Morgan fingerprint density at radius 1 is 1.07 bits per heavy atom. The first-order chi connectivity index (χ1) is 13.0. The highest BCUT2D eigenvalue weighted by molar-refractivity contribution is 7.13. The lowest BCUT2D eigenvalue weighted by Crippen LogP contribution is -2.31. The van der Waals surface area contributed by atoms with Crippen LogP contribution in [0.2, 0.25) is 5.02 Å². The van der Waals surface area contributed by atoms with Crippen LogP contribution in [0.15, 0.2) is 60.0 Å². The summed E-state index contributed by atoms with van der Waals surface area (Å²) in [5, 5.41) is 2.92. The number of thiazole rings is 1. The lowest BCUT2D eigenvalue weighted by atomic mass is 10.1. The van der Waals surface area contributed by atoms with Gasteiger partial charge in [0, 0.05) is 35.6 Å². The molecule has 1 amide bonds. The molecule has 3 aromatic rings. The molecule has 0 spiro atoms. The quantitative estimate of drug-likeness (QED) is 0.593. The van der Waals surface area contributed by atoms with Gasteiger partial charge in [-0.25, -0.2) is 9.78 Å². The third-order valence-electron chi connectivity index (χ3n) is 3.80. The van der Waals surface area contributed by atoms with E-state index in [0.717, 1.165) is 5.56 Å². The van der Waals surface area contributed by atoms with E-state index in [1.165, 1.54) is 16.2 Å². The molecule has 0 fully saturated rings. The molecule has 0 bridgehead atoms. The van der Waals surface area contributed by atoms with Gasteiger partial charge >= 0.3 is 5.97 Å². The van der Waals surface area contributed by atoms with Crippen LogP contribution in [0.25, 0.3) is 10.6 Å². The molecule has 0 aliphatic heterocycles. The van der Waals surface area contributed by atoms with Gasteiger partial charge in [-0.2, -0.15) is 0 Å². The summed E-state index contributed by atoms with van der Waals surface area (Å²) in [7, 11) is 3.24. The van der Waals surface area contributed by atoms with E-state index in [1.807, 2.05) is 18.2 Å². The van der Waals surface area contributed by atoms with Gasteiger partial charge in [0.1, 0.15) is 5.01 Å². The molecule has 0 saturated heterocycles. The van der Waals surface area contributed by atoms with Gasteiger partial charge < -0.3 is 9.64 Å². The van der Waals surface area contributed by atoms with Gasteiger partial charge in [0.15, 0.2) is 5.69 Å². The first kappa shape index (κ1) is 19.1. The van der Waals surface area contributed by atoms with E-state index in [1.54, 1.807) is 55.9 Å². The smallest absolute Gasteiger partial charge is 0.358 e. The van der Waals surface area contributed by atoms with Crippen molar-refractivity contribution in [2.45, 2.75) is 6.10 Å². The molecule has 1 aromatic heterocycles. The number of amides is 1. The topological polar surface area (TPSA) is 59.5 Å². The summed E-state index contributed by atoms with van der Waals surface area (Å²) in [6.07, 6.45) is -1.02. The highest BCUT2D eigenvalue weighted by atomic mass is 35.5. The third kappa shape index (κ3) is 4.53. The molecule has 0 aliphatic carbocycles. The summed E-state index contributed by atoms with van der Waals surface area (Å²) < 4.78 is 5.51. The molecule has 1 heterocycles. The Kier molecular flexibility index (Phi) is 5.88. The van der Waals surface area contributed by atoms with E-state index in [2.05, 4.69) is 4.98 Å². The van der Waals surface area contributed by atoms with Crippen molar-refractivity contribution in [3.05, 3.63) is 76.3 Å². The van der Waals surface area contributed by atoms with Crippen LogP contribution in [0, 0.1) is 0 Å². The second kappa shape index (κ2) is 8.33. The molecule has 2 aromatic carbocycles. The maximum Gasteiger partial charge on any atom is 0.358 e. The van der Waals surface area contributed by atoms with E-state index < -0.39 is 12.1 Å². The molecule has 0 aliphatic rings. The molecule has 3 rings (SSSR count). The Morgan fingerprint density at radius 2 is 1.74 bits per heavy atom. The molecule has 0 radical (unpaired) electrons. The fraction of sp³-hybridized carbons (Fsp3) is 0.150. The van der Waals surface area contributed by atoms with E-state index in [-0.39, 0.29) is 11.6 Å². The van der Waals surface area contributed by atoms with Crippen LogP contribution in [0.3, 0.4) is 0 Å². The molecule has 7 heteroatoms. The molecule has 0 N–H and O–H groups in total. The second-order valence-electron chi connectivity index (χ2n) is 5.97. The predicted molar refractivity (Wildman–Crippen MR) is 106 cm³/mol. The average Bonchev–Trinajstić information content (AvgIpc) is 3.17. The number of hydrogen-bond donors (Lipinski definition) is 0. The summed E-state index contributed by atoms with van der Waals surface area (Å²) in [5.41, 5.74) is 1.63. The van der Waals surface area contributed by atoms with Gasteiger partial charge in [0.05, 0.1) is 0 Å². The van der Waals surface area contributed by atoms with Crippen LogP contribution in [0.5, 0.6) is 0 Å². The highest BCUT2D eigenvalue weighted by Gasteiger charge is 2.28. The van der Waals surface area contributed by atoms with Crippen LogP contribution in [0.4, 0.5) is 0 Å². The molecule has 0 saturated carbocycles. The Labute approximate surface area is 166 Å². The third-order valence-corrected chi connectivity index (χ3v) is 4.94. The Hall–Kier alpha value is -2.70. The molecule has 1 unspecified atom stereocenters. The van der Waals surface area contributed by atoms with Gasteiger partial charge in [0.25, 0.3) is 5.91 Å². The maximum atomic E-state index is 12.6. The van der Waals surface area contributed by atoms with Gasteiger partial charge in [-0.15, -0.1) is 11.3 Å². The minimum atomic E-state index is -1.02. The largest absolute Gasteiger partial charge is 0.443 e. The summed E-state index contributed by atoms with van der Waals surface area (Å²) >= 11 is 7.22. The number of ether oxygens (including phenoxy) is 1. The SMILES string of the molecule is CN(C)C(=O)C(OC(=O)c1csc(-c2ccc(Cl)cc2)n1)c1ccccc1. The van der Waals surface area contributed by atoms with Crippen molar-refractivity contribution in [1.82, 2.24) is 9.88 Å². The van der Waals surface area contributed by atoms with Crippen LogP contribution >= 0.6 is 22.9 Å². The Morgan fingerprint density at radius 3 is 2.37 bits per heavy atom. The van der Waals surface area contributed by atoms with Crippen molar-refractivity contribution >= 4 is 34.8 Å². The minimum absolute atomic E-state index is 0.164. The van der Waals surface area contributed by atoms with Crippen molar-refractivity contribution in [2.75, 3.05) is 14.1 Å². The lowest BCUT2D eigenvalue weighted by molar-refractivity contribution is -0.138. The first-order valence-corrected chi connectivity index (χ1v) is 9.40. The molecule has 27 heavy (non-hydrogen) atoms. The van der Waals surface area contributed by atoms with E-state index in [4.69, 9.17) is 16.3 Å². The summed E-state index contributed by atoms with van der Waals surface area (Å²) in [6, 6.07) is 16.1. The molecule has 1 atom stereocenters. The number of nitrogens with zero attached hydrogens (tertiary/aromatic N) is 2. The first-order valence-electron chi connectivity index (χ1n) is 8.14. The van der Waals surface area contributed by atoms with E-state index in [9.17, 15) is 9.59 Å². The molecule has 138 valence electrons. The van der Waals surface area contributed by atoms with Crippen LogP contribution in [-0.2, 0) is 9.53 Å². The normalized spacial score (nSPS) is 11.7. The fourth-order valence-electron chi connectivity index (χ4n) is 2.38. The zero-order valence-electron chi connectivity index (χ0n) is 14.8. The maximum absolute atomic E-state index is 12.6. The van der Waals surface area contributed by atoms with Crippen LogP contribution in [0.1, 0.15) is 22.2 Å². The number of esters is 1. The number of benzene rings is 2. The van der Waals surface area contributed by atoms with E-state index in [0.29, 0.717) is 15.6 Å². The summed E-state index contributed by atoms with van der Waals surface area (Å²) in [6.45, 7) is 0. The zero-order chi connectivity index (χ0) is 19.4. The van der Waals surface area contributed by atoms with Crippen molar-refractivity contribution < 1.29 is 14.3 Å². The van der Waals surface area contributed by atoms with Gasteiger partial charge in [-0.3, -0.25) is 4.79 Å². The number of carbonyl (C=O) groups excluding carboxylic acids is 2. The zero-order valence-corrected chi connectivity index (χ0v) is 16.3. The van der Waals surface area contributed by atoms with Crippen LogP contribution < -0.4 is 0 Å². The van der Waals surface area contributed by atoms with E-state index >= 15 is 0 Å². The number of halogens is 1. The monoisotopic (exact) mass is 400 g/mol. The number of carbonyl (C=O) groups is 2. The lowest BCUT2D eigenvalue weighted by Gasteiger charge is -2.20. The molecule has 5 nitrogen and oxygen atoms in total. The average molecular weight is 401 g/mol. The summed E-state index contributed by atoms with van der Waals surface area (Å²) in [5.74, 6) is -0.960. The fourth-order valence-corrected chi connectivity index (χ4v) is 3.30. The van der Waals surface area contributed by atoms with Crippen molar-refractivity contribution in [1.29, 1.82) is 0 Å². The highest BCUT2D eigenvalue weighted by Crippen LogP contribution is 2.27. The standard InChI is InChI=1S/C20H17ClN2O3S/c1-23(2)19(24)17(13-6-4-3-5-7-13)26-20(25)16-12-27-18(22-16)14-8-10-15(21)11-9-14/h3-12,17H,1-2H3. The summed E-state index contributed by atoms with van der Waals surface area (Å²) in [4.78, 5) is 30.8. The van der Waals surface area contributed by atoms with Crippen molar-refractivity contribution in [3.63, 3.8) is 0 Å². The van der Waals surface area contributed by atoms with Gasteiger partial charge in [-0.1, -0.05) is 54.1 Å². The number of aromatic nitrogens is 1. The number of likely N-dealkylation sites (N-methyl/N-ethyl adjacent to an activating group) is 1.